The van der Waals surface area contributed by atoms with Crippen molar-refractivity contribution < 1.29 is 77.9 Å². The number of carbonyl (C=O) groups excluding carboxylic acids is 7. The van der Waals surface area contributed by atoms with Gasteiger partial charge in [0.1, 0.15) is 12.1 Å². The largest absolute Gasteiger partial charge is 0.481 e. The molecule has 0 aliphatic rings. The van der Waals surface area contributed by atoms with Crippen molar-refractivity contribution in [2.45, 2.75) is 127 Å². The molecule has 6 amide bonds. The van der Waals surface area contributed by atoms with E-state index in [2.05, 4.69) is 49.3 Å². The number of ketones is 1. The average Bonchev–Trinajstić information content (AvgIpc) is 3.33. The molecule has 0 aliphatic carbocycles. The third kappa shape index (κ3) is 26.2. The first-order chi connectivity index (χ1) is 34.3. The highest BCUT2D eigenvalue weighted by molar-refractivity contribution is 7.80. The topological polar surface area (TPSA) is 376 Å². The van der Waals surface area contributed by atoms with E-state index >= 15 is 0 Å². The summed E-state index contributed by atoms with van der Waals surface area (Å²) in [6, 6.07) is 12.1. The summed E-state index contributed by atoms with van der Waals surface area (Å²) in [4.78, 5) is 135. The normalized spacial score (nSPS) is 13.8. The van der Waals surface area contributed by atoms with Gasteiger partial charge in [-0.2, -0.15) is 12.6 Å². The second-order valence-electron chi connectivity index (χ2n) is 17.0. The fourth-order valence-electron chi connectivity index (χ4n) is 7.25. The van der Waals surface area contributed by atoms with E-state index in [1.807, 2.05) is 0 Å². The second-order valence-corrected chi connectivity index (χ2v) is 17.4. The molecule has 2 aromatic rings. The van der Waals surface area contributed by atoms with Gasteiger partial charge in [0.2, 0.25) is 23.6 Å². The van der Waals surface area contributed by atoms with Crippen molar-refractivity contribution in [1.29, 1.82) is 0 Å². The molecule has 7 atom stereocenters. The summed E-state index contributed by atoms with van der Waals surface area (Å²) in [5.74, 6) is -9.43. The molecule has 0 bridgehead atoms. The average molecular weight is 1030 g/mol. The van der Waals surface area contributed by atoms with Crippen molar-refractivity contribution in [2.75, 3.05) is 18.8 Å². The molecule has 2 unspecified atom stereocenters. The van der Waals surface area contributed by atoms with Crippen molar-refractivity contribution in [2.24, 2.45) is 17.6 Å². The van der Waals surface area contributed by atoms with Crippen LogP contribution in [0.15, 0.2) is 60.7 Å². The fraction of sp³-hybridized carbons (Fsp3) is 0.521. The molecular formula is C48H67N7O16S. The number of hydrogen-bond acceptors (Lipinski definition) is 14. The summed E-state index contributed by atoms with van der Waals surface area (Å²) in [7, 11) is 0. The Balaban J connectivity index is 1.96. The van der Waals surface area contributed by atoms with Gasteiger partial charge in [-0.3, -0.25) is 43.2 Å². The number of unbranched alkanes of at least 4 members (excludes halogenated alkanes) is 3. The minimum Gasteiger partial charge on any atom is -0.481 e. The number of urea groups is 1. The first-order valence-electron chi connectivity index (χ1n) is 23.5. The Hall–Kier alpha value is -7.08. The number of hydrogen-bond donors (Lipinski definition) is 12. The Morgan fingerprint density at radius 2 is 1.24 bits per heavy atom. The van der Waals surface area contributed by atoms with Crippen molar-refractivity contribution in [3.05, 3.63) is 71.8 Å². The molecule has 0 spiro atoms. The minimum atomic E-state index is -1.49. The van der Waals surface area contributed by atoms with Gasteiger partial charge in [0, 0.05) is 56.5 Å². The molecule has 0 saturated carbocycles. The number of nitrogens with two attached hydrogens (primary N) is 1. The van der Waals surface area contributed by atoms with Crippen LogP contribution in [0.2, 0.25) is 0 Å². The predicted molar refractivity (Wildman–Crippen MR) is 261 cm³/mol. The van der Waals surface area contributed by atoms with E-state index in [1.165, 1.54) is 0 Å². The van der Waals surface area contributed by atoms with Crippen molar-refractivity contribution in [3.63, 3.8) is 0 Å². The number of benzene rings is 2. The minimum absolute atomic E-state index is 0.00516. The van der Waals surface area contributed by atoms with Crippen LogP contribution in [0.5, 0.6) is 0 Å². The van der Waals surface area contributed by atoms with Gasteiger partial charge in [-0.1, -0.05) is 73.5 Å². The lowest BCUT2D eigenvalue weighted by molar-refractivity contribution is -0.141. The number of carboxylic acid groups (broad SMARTS) is 4. The quantitative estimate of drug-likeness (QED) is 0.0195. The molecule has 2 aromatic carbocycles. The second kappa shape index (κ2) is 34.3. The van der Waals surface area contributed by atoms with Crippen LogP contribution in [0, 0.1) is 11.8 Å². The maximum absolute atomic E-state index is 14.1. The zero-order chi connectivity index (χ0) is 53.4. The van der Waals surface area contributed by atoms with Gasteiger partial charge in [0.25, 0.3) is 6.47 Å². The molecule has 0 heterocycles. The molecule has 0 saturated heterocycles. The van der Waals surface area contributed by atoms with Gasteiger partial charge in [0.15, 0.2) is 12.0 Å². The molecule has 72 heavy (non-hydrogen) atoms. The van der Waals surface area contributed by atoms with Gasteiger partial charge < -0.3 is 62.8 Å². The van der Waals surface area contributed by atoms with Crippen LogP contribution >= 0.6 is 12.6 Å². The van der Waals surface area contributed by atoms with Gasteiger partial charge in [-0.25, -0.2) is 9.59 Å². The zero-order valence-corrected chi connectivity index (χ0v) is 40.7. The maximum atomic E-state index is 14.1. The van der Waals surface area contributed by atoms with Crippen LogP contribution in [0.4, 0.5) is 4.79 Å². The Morgan fingerprint density at radius 3 is 1.82 bits per heavy atom. The third-order valence-electron chi connectivity index (χ3n) is 11.2. The highest BCUT2D eigenvalue weighted by atomic mass is 32.1. The van der Waals surface area contributed by atoms with Gasteiger partial charge in [-0.15, -0.1) is 0 Å². The van der Waals surface area contributed by atoms with E-state index in [1.54, 1.807) is 60.7 Å². The smallest absolute Gasteiger partial charge is 0.326 e. The SMILES string of the molecule is N[C@@H](CNC(=O)C(CC(=O)C(Cc1ccccc1)NC(=O)CCCCCCNC(=O)CC[C@H](NC(=O)N[C@@H](CCC(=O)O)OC=O)C(=O)O)Cc1ccccc1)C(=O)N[C@H](CC[C@H](CS)C(=O)O)CC(=O)O. The van der Waals surface area contributed by atoms with E-state index in [0.29, 0.717) is 25.7 Å². The Bertz CT molecular complexity index is 2100. The maximum Gasteiger partial charge on any atom is 0.326 e. The highest BCUT2D eigenvalue weighted by Crippen LogP contribution is 2.18. The van der Waals surface area contributed by atoms with E-state index in [9.17, 15) is 68.1 Å². The highest BCUT2D eigenvalue weighted by Gasteiger charge is 2.30. The molecule has 24 heteroatoms. The molecule has 0 radical (unpaired) electrons. The Labute approximate surface area is 421 Å². The number of nitrogens with one attached hydrogen (secondary N) is 6. The summed E-state index contributed by atoms with van der Waals surface area (Å²) in [5.41, 5.74) is 7.61. The van der Waals surface area contributed by atoms with E-state index in [-0.39, 0.29) is 83.1 Å². The number of amides is 6. The van der Waals surface area contributed by atoms with Crippen LogP contribution < -0.4 is 37.6 Å². The van der Waals surface area contributed by atoms with Crippen molar-refractivity contribution in [3.8, 4) is 0 Å². The first-order valence-corrected chi connectivity index (χ1v) is 24.1. The van der Waals surface area contributed by atoms with Gasteiger partial charge in [-0.05, 0) is 56.1 Å². The van der Waals surface area contributed by atoms with E-state index < -0.39 is 114 Å². The van der Waals surface area contributed by atoms with Crippen LogP contribution in [-0.4, -0.2) is 135 Å². The van der Waals surface area contributed by atoms with Crippen molar-refractivity contribution in [1.82, 2.24) is 31.9 Å². The van der Waals surface area contributed by atoms with Crippen LogP contribution in [-0.2, 0) is 65.5 Å². The van der Waals surface area contributed by atoms with Crippen molar-refractivity contribution >= 4 is 78.4 Å². The lowest BCUT2D eigenvalue weighted by Gasteiger charge is -2.23. The molecule has 396 valence electrons. The number of aliphatic carboxylic acids is 4. The Kier molecular flexibility index (Phi) is 29.1. The molecule has 0 fully saturated rings. The van der Waals surface area contributed by atoms with Gasteiger partial charge in [0.05, 0.1) is 24.8 Å². The predicted octanol–water partition coefficient (Wildman–Crippen LogP) is 1.31. The number of carboxylic acids is 4. The van der Waals surface area contributed by atoms with E-state index in [4.69, 9.17) is 10.8 Å². The molecule has 0 aromatic heterocycles. The standard InChI is InChI=1S/C48H67N7O16S/c49-35(45(65)52-34(26-43(62)63)17-16-32(28-72)46(66)67)27-51-44(64)33(23-30-11-5-3-6-12-30)25-38(57)37(24-31-13-7-4-8-14-31)53-40(59)15-9-1-2-10-22-50-39(58)19-18-36(47(68)69)54-48(70)55-41(71-29-56)20-21-42(60)61/h3-8,11-14,29,32-37,41,72H,1-2,9-10,15-28,49H2,(H,50,58)(H,51,64)(H,52,65)(H,53,59)(H,60,61)(H,62,63)(H,66,67)(H,68,69)(H2,54,55,70)/t32-,33?,34-,35+,36+,37?,41-/m1/s1. The number of ether oxygens (including phenoxy) is 1. The lowest BCUT2D eigenvalue weighted by atomic mass is 9.89. The van der Waals surface area contributed by atoms with E-state index in [0.717, 1.165) is 11.1 Å². The van der Waals surface area contributed by atoms with Crippen LogP contribution in [0.25, 0.3) is 0 Å². The first kappa shape index (κ1) is 61.0. The number of carbonyl (C=O) groups is 11. The fourth-order valence-corrected chi connectivity index (χ4v) is 7.58. The number of thiol groups is 1. The summed E-state index contributed by atoms with van der Waals surface area (Å²) >= 11 is 4.03. The number of Topliss-reactive ketones (excluding diaryl/α,β-unsaturated/α-hetero) is 1. The summed E-state index contributed by atoms with van der Waals surface area (Å²) in [6.45, 7) is -0.119. The summed E-state index contributed by atoms with van der Waals surface area (Å²) in [5, 5.41) is 52.0. The number of rotatable bonds is 38. The molecule has 0 aliphatic heterocycles. The van der Waals surface area contributed by atoms with Crippen LogP contribution in [0.1, 0.15) is 94.6 Å². The lowest BCUT2D eigenvalue weighted by Crippen LogP contribution is -2.52. The monoisotopic (exact) mass is 1030 g/mol. The molecule has 12 N–H and O–H groups in total. The molecule has 2 rings (SSSR count). The van der Waals surface area contributed by atoms with Crippen LogP contribution in [0.3, 0.4) is 0 Å². The van der Waals surface area contributed by atoms with Gasteiger partial charge >= 0.3 is 29.9 Å². The Morgan fingerprint density at radius 1 is 0.597 bits per heavy atom. The molecule has 23 nitrogen and oxygen atoms in total. The third-order valence-corrected chi connectivity index (χ3v) is 11.7. The zero-order valence-electron chi connectivity index (χ0n) is 39.8. The summed E-state index contributed by atoms with van der Waals surface area (Å²) in [6.07, 6.45) is -0.767. The molecular weight excluding hydrogens is 963 g/mol. The summed E-state index contributed by atoms with van der Waals surface area (Å²) < 4.78 is 4.61.